The SMILES string of the molecule is CC(=O)O.COc1ccc(-c2nc3c4ccccc4c4ccccc4c3[nH]2)cc1OC. The zero-order valence-electron chi connectivity index (χ0n) is 17.5. The van der Waals surface area contributed by atoms with Gasteiger partial charge in [0.2, 0.25) is 0 Å². The van der Waals surface area contributed by atoms with Crippen LogP contribution in [-0.4, -0.2) is 35.3 Å². The van der Waals surface area contributed by atoms with Gasteiger partial charge in [0.1, 0.15) is 5.82 Å². The molecule has 31 heavy (non-hydrogen) atoms. The second kappa shape index (κ2) is 8.36. The Balaban J connectivity index is 0.000000535. The number of H-pyrrole nitrogens is 1. The van der Waals surface area contributed by atoms with Crippen LogP contribution in [0.2, 0.25) is 0 Å². The highest BCUT2D eigenvalue weighted by Gasteiger charge is 2.14. The predicted octanol–water partition coefficient (Wildman–Crippen LogP) is 5.64. The molecular weight excluding hydrogens is 392 g/mol. The Morgan fingerprint density at radius 1 is 0.839 bits per heavy atom. The van der Waals surface area contributed by atoms with Crippen molar-refractivity contribution in [3.8, 4) is 22.9 Å². The summed E-state index contributed by atoms with van der Waals surface area (Å²) < 4.78 is 10.8. The third kappa shape index (κ3) is 3.75. The number of imidazole rings is 1. The first-order valence-corrected chi connectivity index (χ1v) is 9.74. The number of aromatic amines is 1. The van der Waals surface area contributed by atoms with Gasteiger partial charge in [-0.3, -0.25) is 4.79 Å². The van der Waals surface area contributed by atoms with E-state index in [1.54, 1.807) is 14.2 Å². The van der Waals surface area contributed by atoms with Crippen molar-refractivity contribution in [2.75, 3.05) is 14.2 Å². The fraction of sp³-hybridized carbons (Fsp3) is 0.120. The van der Waals surface area contributed by atoms with Crippen LogP contribution in [0, 0.1) is 0 Å². The molecule has 4 aromatic carbocycles. The Labute approximate surface area is 179 Å². The lowest BCUT2D eigenvalue weighted by atomic mass is 10.0. The molecule has 0 bridgehead atoms. The van der Waals surface area contributed by atoms with Crippen molar-refractivity contribution in [2.45, 2.75) is 6.92 Å². The van der Waals surface area contributed by atoms with Crippen molar-refractivity contribution < 1.29 is 19.4 Å². The number of carbonyl (C=O) groups is 1. The van der Waals surface area contributed by atoms with Crippen molar-refractivity contribution in [3.05, 3.63) is 66.7 Å². The van der Waals surface area contributed by atoms with Gasteiger partial charge in [-0.15, -0.1) is 0 Å². The van der Waals surface area contributed by atoms with E-state index in [1.165, 1.54) is 16.2 Å². The molecule has 6 heteroatoms. The van der Waals surface area contributed by atoms with Gasteiger partial charge in [0, 0.05) is 23.3 Å². The van der Waals surface area contributed by atoms with E-state index in [1.807, 2.05) is 18.2 Å². The summed E-state index contributed by atoms with van der Waals surface area (Å²) in [6.07, 6.45) is 0. The molecule has 0 amide bonds. The maximum atomic E-state index is 9.00. The predicted molar refractivity (Wildman–Crippen MR) is 123 cm³/mol. The molecule has 0 aliphatic rings. The smallest absolute Gasteiger partial charge is 0.300 e. The van der Waals surface area contributed by atoms with E-state index in [4.69, 9.17) is 24.4 Å². The second-order valence-electron chi connectivity index (χ2n) is 6.99. The van der Waals surface area contributed by atoms with E-state index >= 15 is 0 Å². The normalized spacial score (nSPS) is 10.7. The summed E-state index contributed by atoms with van der Waals surface area (Å²) in [6, 6.07) is 22.7. The summed E-state index contributed by atoms with van der Waals surface area (Å²) >= 11 is 0. The number of nitrogens with one attached hydrogen (secondary N) is 1. The molecule has 2 N–H and O–H groups in total. The number of carboxylic acids is 1. The Kier molecular flexibility index (Phi) is 5.45. The molecule has 1 aromatic heterocycles. The minimum absolute atomic E-state index is 0.685. The number of hydrogen-bond donors (Lipinski definition) is 2. The van der Waals surface area contributed by atoms with Crippen molar-refractivity contribution in [1.82, 2.24) is 9.97 Å². The number of nitrogens with zero attached hydrogens (tertiary/aromatic N) is 1. The van der Waals surface area contributed by atoms with Gasteiger partial charge in [-0.2, -0.15) is 0 Å². The minimum Gasteiger partial charge on any atom is -0.493 e. The number of aliphatic carboxylic acids is 1. The molecule has 5 rings (SSSR count). The fourth-order valence-electron chi connectivity index (χ4n) is 3.74. The van der Waals surface area contributed by atoms with Crippen LogP contribution in [0.5, 0.6) is 11.5 Å². The van der Waals surface area contributed by atoms with E-state index in [0.29, 0.717) is 11.5 Å². The lowest BCUT2D eigenvalue weighted by molar-refractivity contribution is -0.134. The van der Waals surface area contributed by atoms with E-state index in [9.17, 15) is 0 Å². The highest BCUT2D eigenvalue weighted by Crippen LogP contribution is 2.36. The number of aromatic nitrogens is 2. The van der Waals surface area contributed by atoms with Crippen LogP contribution >= 0.6 is 0 Å². The van der Waals surface area contributed by atoms with Crippen molar-refractivity contribution in [2.24, 2.45) is 0 Å². The van der Waals surface area contributed by atoms with Gasteiger partial charge in [0.15, 0.2) is 11.5 Å². The van der Waals surface area contributed by atoms with Crippen molar-refractivity contribution in [1.29, 1.82) is 0 Å². The van der Waals surface area contributed by atoms with Gasteiger partial charge in [-0.25, -0.2) is 4.98 Å². The van der Waals surface area contributed by atoms with Crippen LogP contribution in [0.1, 0.15) is 6.92 Å². The molecule has 0 saturated carbocycles. The van der Waals surface area contributed by atoms with Gasteiger partial charge < -0.3 is 19.6 Å². The molecule has 0 spiro atoms. The third-order valence-corrected chi connectivity index (χ3v) is 5.03. The van der Waals surface area contributed by atoms with Crippen LogP contribution < -0.4 is 9.47 Å². The van der Waals surface area contributed by atoms with E-state index in [-0.39, 0.29) is 0 Å². The molecular formula is C25H22N2O4. The molecule has 5 aromatic rings. The summed E-state index contributed by atoms with van der Waals surface area (Å²) in [6.45, 7) is 1.08. The highest BCUT2D eigenvalue weighted by atomic mass is 16.5. The van der Waals surface area contributed by atoms with Crippen LogP contribution in [0.4, 0.5) is 0 Å². The number of methoxy groups -OCH3 is 2. The first-order chi connectivity index (χ1) is 15.0. The van der Waals surface area contributed by atoms with Gasteiger partial charge in [0.05, 0.1) is 25.3 Å². The van der Waals surface area contributed by atoms with Gasteiger partial charge in [0.25, 0.3) is 5.97 Å². The number of rotatable bonds is 3. The largest absolute Gasteiger partial charge is 0.493 e. The van der Waals surface area contributed by atoms with E-state index in [2.05, 4.69) is 53.5 Å². The first kappa shape index (κ1) is 20.2. The van der Waals surface area contributed by atoms with Gasteiger partial charge in [-0.1, -0.05) is 48.5 Å². The molecule has 0 fully saturated rings. The molecule has 6 nitrogen and oxygen atoms in total. The third-order valence-electron chi connectivity index (χ3n) is 5.03. The number of carboxylic acid groups (broad SMARTS) is 1. The molecule has 0 aliphatic heterocycles. The topological polar surface area (TPSA) is 84.4 Å². The van der Waals surface area contributed by atoms with Crippen molar-refractivity contribution in [3.63, 3.8) is 0 Å². The molecule has 156 valence electrons. The maximum absolute atomic E-state index is 9.00. The standard InChI is InChI=1S/C23H18N2O2.C2H4O2/c1-26-19-12-11-14(13-20(19)27-2)23-24-21-17-9-5-3-7-15(17)16-8-4-6-10-18(16)22(21)25-23;1-2(3)4/h3-13H,1-2H3,(H,24,25);1H3,(H,3,4). The molecule has 0 unspecified atom stereocenters. The van der Waals surface area contributed by atoms with Crippen LogP contribution in [0.25, 0.3) is 44.0 Å². The lowest BCUT2D eigenvalue weighted by Crippen LogP contribution is -1.91. The fourth-order valence-corrected chi connectivity index (χ4v) is 3.74. The van der Waals surface area contributed by atoms with Gasteiger partial charge >= 0.3 is 0 Å². The minimum atomic E-state index is -0.833. The van der Waals surface area contributed by atoms with Crippen LogP contribution in [0.3, 0.4) is 0 Å². The number of benzene rings is 4. The number of hydrogen-bond acceptors (Lipinski definition) is 4. The van der Waals surface area contributed by atoms with Gasteiger partial charge in [-0.05, 0) is 29.0 Å². The average Bonchev–Trinajstić information content (AvgIpc) is 3.24. The monoisotopic (exact) mass is 414 g/mol. The number of ether oxygens (including phenoxy) is 2. The molecule has 0 atom stereocenters. The lowest BCUT2D eigenvalue weighted by Gasteiger charge is -2.08. The zero-order valence-corrected chi connectivity index (χ0v) is 17.5. The van der Waals surface area contributed by atoms with Crippen LogP contribution in [-0.2, 0) is 4.79 Å². The maximum Gasteiger partial charge on any atom is 0.300 e. The Morgan fingerprint density at radius 3 is 2.00 bits per heavy atom. The average molecular weight is 414 g/mol. The first-order valence-electron chi connectivity index (χ1n) is 9.74. The van der Waals surface area contributed by atoms with Crippen molar-refractivity contribution >= 4 is 38.5 Å². The Morgan fingerprint density at radius 2 is 1.39 bits per heavy atom. The Hall–Kier alpha value is -4.06. The number of fused-ring (bicyclic) bond motifs is 6. The Bertz CT molecular complexity index is 1330. The van der Waals surface area contributed by atoms with E-state index in [0.717, 1.165) is 34.7 Å². The summed E-state index contributed by atoms with van der Waals surface area (Å²) in [5, 5.41) is 12.2. The zero-order chi connectivity index (χ0) is 22.0. The quantitative estimate of drug-likeness (QED) is 0.373. The molecule has 0 aliphatic carbocycles. The van der Waals surface area contributed by atoms with E-state index < -0.39 is 5.97 Å². The summed E-state index contributed by atoms with van der Waals surface area (Å²) in [4.78, 5) is 17.5. The molecule has 0 saturated heterocycles. The van der Waals surface area contributed by atoms with Crippen LogP contribution in [0.15, 0.2) is 66.7 Å². The molecule has 0 radical (unpaired) electrons. The highest BCUT2D eigenvalue weighted by molar-refractivity contribution is 6.23. The molecule has 1 heterocycles. The second-order valence-corrected chi connectivity index (χ2v) is 6.99. The summed E-state index contributed by atoms with van der Waals surface area (Å²) in [5.74, 6) is 1.37. The summed E-state index contributed by atoms with van der Waals surface area (Å²) in [7, 11) is 3.28. The summed E-state index contributed by atoms with van der Waals surface area (Å²) in [5.41, 5.74) is 2.99.